The number of anilines is 1. The number of urea groups is 1. The summed E-state index contributed by atoms with van der Waals surface area (Å²) in [4.78, 5) is 25.1. The fraction of sp³-hybridized carbons (Fsp3) is 0.176. The highest BCUT2D eigenvalue weighted by molar-refractivity contribution is 5.89. The SMILES string of the molecule is O=C(Nc1ccc2ncc(-c3ccccc3)nc2n1)NC1CC1. The van der Waals surface area contributed by atoms with Gasteiger partial charge in [-0.1, -0.05) is 30.3 Å². The number of pyridine rings is 1. The van der Waals surface area contributed by atoms with Crippen LogP contribution in [-0.2, 0) is 0 Å². The van der Waals surface area contributed by atoms with Crippen molar-refractivity contribution >= 4 is 23.0 Å². The Kier molecular flexibility index (Phi) is 3.34. The first-order valence-corrected chi connectivity index (χ1v) is 7.55. The largest absolute Gasteiger partial charge is 0.335 e. The fourth-order valence-corrected chi connectivity index (χ4v) is 2.28. The predicted molar refractivity (Wildman–Crippen MR) is 87.9 cm³/mol. The highest BCUT2D eigenvalue weighted by Crippen LogP contribution is 2.20. The zero-order chi connectivity index (χ0) is 15.6. The molecule has 0 unspecified atom stereocenters. The van der Waals surface area contributed by atoms with Crippen LogP contribution >= 0.6 is 0 Å². The second-order valence-corrected chi connectivity index (χ2v) is 5.53. The predicted octanol–water partition coefficient (Wildman–Crippen LogP) is 2.98. The van der Waals surface area contributed by atoms with Crippen LogP contribution in [0.1, 0.15) is 12.8 Å². The summed E-state index contributed by atoms with van der Waals surface area (Å²) < 4.78 is 0. The Balaban J connectivity index is 1.62. The maximum Gasteiger partial charge on any atom is 0.320 e. The van der Waals surface area contributed by atoms with Gasteiger partial charge in [0.25, 0.3) is 0 Å². The molecule has 1 fully saturated rings. The maximum atomic E-state index is 11.8. The van der Waals surface area contributed by atoms with Gasteiger partial charge in [-0.25, -0.2) is 14.8 Å². The van der Waals surface area contributed by atoms with E-state index in [4.69, 9.17) is 0 Å². The van der Waals surface area contributed by atoms with Crippen molar-refractivity contribution in [3.63, 3.8) is 0 Å². The van der Waals surface area contributed by atoms with Crippen molar-refractivity contribution in [1.82, 2.24) is 20.3 Å². The summed E-state index contributed by atoms with van der Waals surface area (Å²) in [5.74, 6) is 0.468. The molecule has 0 aliphatic heterocycles. The van der Waals surface area contributed by atoms with Crippen LogP contribution in [0.5, 0.6) is 0 Å². The van der Waals surface area contributed by atoms with E-state index in [0.29, 0.717) is 23.0 Å². The Morgan fingerprint density at radius 1 is 1.04 bits per heavy atom. The zero-order valence-corrected chi connectivity index (χ0v) is 12.4. The summed E-state index contributed by atoms with van der Waals surface area (Å²) in [5, 5.41) is 5.60. The number of hydrogen-bond acceptors (Lipinski definition) is 4. The highest BCUT2D eigenvalue weighted by Gasteiger charge is 2.23. The molecular weight excluding hydrogens is 290 g/mol. The molecule has 0 spiro atoms. The summed E-state index contributed by atoms with van der Waals surface area (Å²) in [6.07, 6.45) is 3.82. The van der Waals surface area contributed by atoms with Crippen molar-refractivity contribution in [2.24, 2.45) is 0 Å². The molecule has 1 saturated carbocycles. The molecule has 23 heavy (non-hydrogen) atoms. The average Bonchev–Trinajstić information content (AvgIpc) is 3.39. The van der Waals surface area contributed by atoms with Gasteiger partial charge in [0.15, 0.2) is 5.65 Å². The van der Waals surface area contributed by atoms with Crippen molar-refractivity contribution in [2.45, 2.75) is 18.9 Å². The lowest BCUT2D eigenvalue weighted by Gasteiger charge is -2.07. The van der Waals surface area contributed by atoms with Gasteiger partial charge >= 0.3 is 6.03 Å². The fourth-order valence-electron chi connectivity index (χ4n) is 2.28. The number of amides is 2. The van der Waals surface area contributed by atoms with Crippen molar-refractivity contribution in [3.05, 3.63) is 48.7 Å². The van der Waals surface area contributed by atoms with Crippen molar-refractivity contribution < 1.29 is 4.79 Å². The number of aromatic nitrogens is 3. The summed E-state index contributed by atoms with van der Waals surface area (Å²) >= 11 is 0. The molecule has 0 saturated heterocycles. The van der Waals surface area contributed by atoms with Crippen LogP contribution in [0.3, 0.4) is 0 Å². The van der Waals surface area contributed by atoms with Gasteiger partial charge in [0, 0.05) is 11.6 Å². The Labute approximate surface area is 133 Å². The molecule has 6 nitrogen and oxygen atoms in total. The summed E-state index contributed by atoms with van der Waals surface area (Å²) in [5.41, 5.74) is 2.94. The molecule has 0 bridgehead atoms. The molecule has 2 N–H and O–H groups in total. The zero-order valence-electron chi connectivity index (χ0n) is 12.4. The molecule has 1 aromatic carbocycles. The lowest BCUT2D eigenvalue weighted by atomic mass is 10.2. The van der Waals surface area contributed by atoms with E-state index in [0.717, 1.165) is 24.1 Å². The van der Waals surface area contributed by atoms with E-state index in [2.05, 4.69) is 25.6 Å². The minimum Gasteiger partial charge on any atom is -0.335 e. The molecule has 114 valence electrons. The normalized spacial score (nSPS) is 13.7. The van der Waals surface area contributed by atoms with Gasteiger partial charge < -0.3 is 5.32 Å². The second kappa shape index (κ2) is 5.64. The minimum absolute atomic E-state index is 0.230. The molecular formula is C17H15N5O. The summed E-state index contributed by atoms with van der Waals surface area (Å²) in [7, 11) is 0. The quantitative estimate of drug-likeness (QED) is 0.779. The van der Waals surface area contributed by atoms with Crippen LogP contribution in [-0.4, -0.2) is 27.0 Å². The summed E-state index contributed by atoms with van der Waals surface area (Å²) in [6.45, 7) is 0. The third-order valence-corrected chi connectivity index (χ3v) is 3.63. The molecule has 1 aliphatic carbocycles. The van der Waals surface area contributed by atoms with Crippen molar-refractivity contribution in [3.8, 4) is 11.3 Å². The van der Waals surface area contributed by atoms with Gasteiger partial charge in [-0.3, -0.25) is 10.3 Å². The van der Waals surface area contributed by atoms with Crippen LogP contribution in [0.25, 0.3) is 22.4 Å². The van der Waals surface area contributed by atoms with E-state index in [9.17, 15) is 4.79 Å². The number of carbonyl (C=O) groups excluding carboxylic acids is 1. The molecule has 2 heterocycles. The molecule has 0 radical (unpaired) electrons. The molecule has 2 amide bonds. The molecule has 1 aliphatic rings. The Morgan fingerprint density at radius 3 is 2.65 bits per heavy atom. The van der Waals surface area contributed by atoms with Crippen molar-refractivity contribution in [1.29, 1.82) is 0 Å². The van der Waals surface area contributed by atoms with E-state index >= 15 is 0 Å². The van der Waals surface area contributed by atoms with Crippen LogP contribution in [0.2, 0.25) is 0 Å². The number of fused-ring (bicyclic) bond motifs is 1. The number of hydrogen-bond donors (Lipinski definition) is 2. The van der Waals surface area contributed by atoms with Crippen molar-refractivity contribution in [2.75, 3.05) is 5.32 Å². The lowest BCUT2D eigenvalue weighted by molar-refractivity contribution is 0.251. The van der Waals surface area contributed by atoms with E-state index in [1.54, 1.807) is 18.3 Å². The van der Waals surface area contributed by atoms with Gasteiger partial charge in [-0.15, -0.1) is 0 Å². The van der Waals surface area contributed by atoms with E-state index < -0.39 is 0 Å². The first-order valence-electron chi connectivity index (χ1n) is 7.55. The van der Waals surface area contributed by atoms with Crippen LogP contribution < -0.4 is 10.6 Å². The smallest absolute Gasteiger partial charge is 0.320 e. The Bertz CT molecular complexity index is 861. The van der Waals surface area contributed by atoms with Crippen LogP contribution in [0.4, 0.5) is 10.6 Å². The average molecular weight is 305 g/mol. The number of carbonyl (C=O) groups is 1. The van der Waals surface area contributed by atoms with Gasteiger partial charge in [0.2, 0.25) is 0 Å². The molecule has 3 aromatic rings. The van der Waals surface area contributed by atoms with E-state index in [1.165, 1.54) is 0 Å². The number of nitrogens with one attached hydrogen (secondary N) is 2. The molecule has 6 heteroatoms. The van der Waals surface area contributed by atoms with E-state index in [1.807, 2.05) is 30.3 Å². The maximum absolute atomic E-state index is 11.8. The highest BCUT2D eigenvalue weighted by atomic mass is 16.2. The molecule has 0 atom stereocenters. The lowest BCUT2D eigenvalue weighted by Crippen LogP contribution is -2.30. The number of benzene rings is 1. The van der Waals surface area contributed by atoms with E-state index in [-0.39, 0.29) is 6.03 Å². The first kappa shape index (κ1) is 13.6. The van der Waals surface area contributed by atoms with Gasteiger partial charge in [0.05, 0.1) is 11.9 Å². The minimum atomic E-state index is -0.230. The third-order valence-electron chi connectivity index (χ3n) is 3.63. The van der Waals surface area contributed by atoms with Crippen LogP contribution in [0.15, 0.2) is 48.7 Å². The van der Waals surface area contributed by atoms with Gasteiger partial charge in [0.1, 0.15) is 11.3 Å². The monoisotopic (exact) mass is 305 g/mol. The molecule has 4 rings (SSSR count). The number of nitrogens with zero attached hydrogens (tertiary/aromatic N) is 3. The Hall–Kier alpha value is -3.02. The van der Waals surface area contributed by atoms with Gasteiger partial charge in [-0.05, 0) is 25.0 Å². The second-order valence-electron chi connectivity index (χ2n) is 5.53. The number of rotatable bonds is 3. The van der Waals surface area contributed by atoms with Gasteiger partial charge in [-0.2, -0.15) is 0 Å². The molecule has 2 aromatic heterocycles. The topological polar surface area (TPSA) is 79.8 Å². The first-order chi connectivity index (χ1) is 11.3. The summed E-state index contributed by atoms with van der Waals surface area (Å²) in [6, 6.07) is 13.4. The Morgan fingerprint density at radius 2 is 1.87 bits per heavy atom. The standard InChI is InChI=1S/C17H15N5O/c23-17(19-12-6-7-12)22-15-9-8-13-16(21-15)20-14(10-18-13)11-4-2-1-3-5-11/h1-5,8-10,12H,6-7H2,(H2,19,20,21,22,23). The van der Waals surface area contributed by atoms with Crippen LogP contribution in [0, 0.1) is 0 Å². The third kappa shape index (κ3) is 3.11.